The molecule has 0 atom stereocenters. The molecular weight excluding hydrogens is 228 g/mol. The van der Waals surface area contributed by atoms with E-state index >= 15 is 0 Å². The van der Waals surface area contributed by atoms with E-state index in [2.05, 4.69) is 5.32 Å². The van der Waals surface area contributed by atoms with E-state index in [1.54, 1.807) is 24.3 Å². The third kappa shape index (κ3) is 4.31. The summed E-state index contributed by atoms with van der Waals surface area (Å²) in [6.45, 7) is 0.237. The second kappa shape index (κ2) is 4.98. The molecule has 0 heterocycles. The van der Waals surface area contributed by atoms with Gasteiger partial charge in [-0.25, -0.2) is 8.42 Å². The molecule has 0 radical (unpaired) electrons. The SMILES string of the molecule is CS(=O)(=O)CC(=O)NCc1ccccc1N. The number of benzene rings is 1. The van der Waals surface area contributed by atoms with Crippen LogP contribution in [-0.2, 0) is 21.2 Å². The molecule has 1 aromatic carbocycles. The maximum Gasteiger partial charge on any atom is 0.235 e. The number of anilines is 1. The van der Waals surface area contributed by atoms with Crippen LogP contribution in [0.15, 0.2) is 24.3 Å². The summed E-state index contributed by atoms with van der Waals surface area (Å²) >= 11 is 0. The summed E-state index contributed by atoms with van der Waals surface area (Å²) in [5, 5.41) is 2.50. The predicted octanol–water partition coefficient (Wildman–Crippen LogP) is -0.0704. The van der Waals surface area contributed by atoms with Crippen LogP contribution in [-0.4, -0.2) is 26.3 Å². The van der Waals surface area contributed by atoms with Crippen LogP contribution in [0.3, 0.4) is 0 Å². The van der Waals surface area contributed by atoms with E-state index in [4.69, 9.17) is 5.73 Å². The highest BCUT2D eigenvalue weighted by molar-refractivity contribution is 7.91. The van der Waals surface area contributed by atoms with Gasteiger partial charge in [0.15, 0.2) is 9.84 Å². The lowest BCUT2D eigenvalue weighted by molar-refractivity contribution is -0.118. The van der Waals surface area contributed by atoms with Crippen LogP contribution in [0, 0.1) is 0 Å². The first kappa shape index (κ1) is 12.5. The summed E-state index contributed by atoms with van der Waals surface area (Å²) < 4.78 is 21.7. The molecule has 0 aromatic heterocycles. The molecule has 0 bridgehead atoms. The molecule has 3 N–H and O–H groups in total. The van der Waals surface area contributed by atoms with Gasteiger partial charge in [0.1, 0.15) is 5.75 Å². The van der Waals surface area contributed by atoms with Crippen molar-refractivity contribution >= 4 is 21.4 Å². The lowest BCUT2D eigenvalue weighted by atomic mass is 10.2. The minimum absolute atomic E-state index is 0.237. The molecule has 1 amide bonds. The van der Waals surface area contributed by atoms with E-state index in [1.165, 1.54) is 0 Å². The molecule has 0 fully saturated rings. The number of rotatable bonds is 4. The Labute approximate surface area is 94.6 Å². The molecule has 6 heteroatoms. The number of nitrogen functional groups attached to an aromatic ring is 1. The van der Waals surface area contributed by atoms with Gasteiger partial charge in [-0.15, -0.1) is 0 Å². The van der Waals surface area contributed by atoms with Crippen LogP contribution in [0.2, 0.25) is 0 Å². The minimum Gasteiger partial charge on any atom is -0.398 e. The van der Waals surface area contributed by atoms with E-state index in [-0.39, 0.29) is 6.54 Å². The Kier molecular flexibility index (Phi) is 3.89. The molecule has 5 nitrogen and oxygen atoms in total. The molecule has 0 saturated carbocycles. The molecule has 0 unspecified atom stereocenters. The first-order valence-electron chi connectivity index (χ1n) is 4.66. The summed E-state index contributed by atoms with van der Waals surface area (Å²) in [5.41, 5.74) is 7.00. The molecule has 0 aliphatic rings. The minimum atomic E-state index is -3.28. The third-order valence-corrected chi connectivity index (χ3v) is 2.71. The third-order valence-electron chi connectivity index (χ3n) is 1.92. The standard InChI is InChI=1S/C10H14N2O3S/c1-16(14,15)7-10(13)12-6-8-4-2-3-5-9(8)11/h2-5H,6-7,11H2,1H3,(H,12,13). The number of para-hydroxylation sites is 1. The van der Waals surface area contributed by atoms with Crippen molar-refractivity contribution in [2.75, 3.05) is 17.7 Å². The quantitative estimate of drug-likeness (QED) is 0.723. The number of sulfone groups is 1. The highest BCUT2D eigenvalue weighted by Crippen LogP contribution is 2.09. The second-order valence-corrected chi connectivity index (χ2v) is 5.69. The summed E-state index contributed by atoms with van der Waals surface area (Å²) in [5.74, 6) is -1.02. The van der Waals surface area contributed by atoms with Gasteiger partial charge in [-0.1, -0.05) is 18.2 Å². The lowest BCUT2D eigenvalue weighted by Gasteiger charge is -2.06. The van der Waals surface area contributed by atoms with Crippen molar-refractivity contribution in [3.63, 3.8) is 0 Å². The molecule has 16 heavy (non-hydrogen) atoms. The second-order valence-electron chi connectivity index (χ2n) is 3.55. The highest BCUT2D eigenvalue weighted by Gasteiger charge is 2.10. The first-order chi connectivity index (χ1) is 7.38. The highest BCUT2D eigenvalue weighted by atomic mass is 32.2. The fraction of sp³-hybridized carbons (Fsp3) is 0.300. The zero-order chi connectivity index (χ0) is 12.2. The number of carbonyl (C=O) groups is 1. The zero-order valence-electron chi connectivity index (χ0n) is 8.93. The van der Waals surface area contributed by atoms with Gasteiger partial charge in [0.25, 0.3) is 0 Å². The van der Waals surface area contributed by atoms with Gasteiger partial charge < -0.3 is 11.1 Å². The van der Waals surface area contributed by atoms with Crippen LogP contribution in [0.25, 0.3) is 0 Å². The Hall–Kier alpha value is -1.56. The van der Waals surface area contributed by atoms with Gasteiger partial charge in [-0.3, -0.25) is 4.79 Å². The van der Waals surface area contributed by atoms with E-state index in [0.29, 0.717) is 5.69 Å². The Morgan fingerprint density at radius 3 is 2.56 bits per heavy atom. The average molecular weight is 242 g/mol. The number of carbonyl (C=O) groups excluding carboxylic acids is 1. The zero-order valence-corrected chi connectivity index (χ0v) is 9.75. The molecule has 1 aromatic rings. The topological polar surface area (TPSA) is 89.3 Å². The van der Waals surface area contributed by atoms with Crippen molar-refractivity contribution in [1.29, 1.82) is 0 Å². The van der Waals surface area contributed by atoms with Crippen LogP contribution in [0.1, 0.15) is 5.56 Å². The van der Waals surface area contributed by atoms with Gasteiger partial charge in [-0.05, 0) is 11.6 Å². The van der Waals surface area contributed by atoms with Crippen LogP contribution in [0.5, 0.6) is 0 Å². The summed E-state index contributed by atoms with van der Waals surface area (Å²) in [4.78, 5) is 11.2. The first-order valence-corrected chi connectivity index (χ1v) is 6.72. The Balaban J connectivity index is 2.53. The number of nitrogens with two attached hydrogens (primary N) is 1. The summed E-state index contributed by atoms with van der Waals surface area (Å²) in [6, 6.07) is 7.08. The van der Waals surface area contributed by atoms with Crippen molar-refractivity contribution in [3.05, 3.63) is 29.8 Å². The predicted molar refractivity (Wildman–Crippen MR) is 62.4 cm³/mol. The van der Waals surface area contributed by atoms with Crippen LogP contribution < -0.4 is 11.1 Å². The fourth-order valence-electron chi connectivity index (χ4n) is 1.18. The Bertz CT molecular complexity index is 483. The van der Waals surface area contributed by atoms with Crippen molar-refractivity contribution < 1.29 is 13.2 Å². The van der Waals surface area contributed by atoms with Crippen LogP contribution in [0.4, 0.5) is 5.69 Å². The van der Waals surface area contributed by atoms with Crippen LogP contribution >= 0.6 is 0 Å². The maximum absolute atomic E-state index is 11.2. The molecule has 0 spiro atoms. The molecule has 88 valence electrons. The fourth-order valence-corrected chi connectivity index (χ4v) is 1.76. The van der Waals surface area contributed by atoms with Gasteiger partial charge >= 0.3 is 0 Å². The summed E-state index contributed by atoms with van der Waals surface area (Å²) in [6.07, 6.45) is 1.02. The van der Waals surface area contributed by atoms with Gasteiger partial charge in [0, 0.05) is 18.5 Å². The van der Waals surface area contributed by atoms with Gasteiger partial charge in [0.2, 0.25) is 5.91 Å². The molecular formula is C10H14N2O3S. The van der Waals surface area contributed by atoms with E-state index in [1.807, 2.05) is 0 Å². The van der Waals surface area contributed by atoms with Crippen molar-refractivity contribution in [2.45, 2.75) is 6.54 Å². The van der Waals surface area contributed by atoms with Crippen molar-refractivity contribution in [1.82, 2.24) is 5.32 Å². The monoisotopic (exact) mass is 242 g/mol. The normalized spacial score (nSPS) is 11.1. The van der Waals surface area contributed by atoms with E-state index in [0.717, 1.165) is 11.8 Å². The number of hydrogen-bond acceptors (Lipinski definition) is 4. The molecule has 0 saturated heterocycles. The number of hydrogen-bond donors (Lipinski definition) is 2. The average Bonchev–Trinajstić information content (AvgIpc) is 2.14. The van der Waals surface area contributed by atoms with Crippen molar-refractivity contribution in [3.8, 4) is 0 Å². The smallest absolute Gasteiger partial charge is 0.235 e. The molecule has 1 rings (SSSR count). The molecule has 0 aliphatic carbocycles. The number of nitrogens with one attached hydrogen (secondary N) is 1. The lowest BCUT2D eigenvalue weighted by Crippen LogP contribution is -2.29. The Morgan fingerprint density at radius 1 is 1.38 bits per heavy atom. The van der Waals surface area contributed by atoms with E-state index in [9.17, 15) is 13.2 Å². The van der Waals surface area contributed by atoms with Gasteiger partial charge in [-0.2, -0.15) is 0 Å². The molecule has 0 aliphatic heterocycles. The van der Waals surface area contributed by atoms with Crippen molar-refractivity contribution in [2.24, 2.45) is 0 Å². The number of amides is 1. The maximum atomic E-state index is 11.2. The largest absolute Gasteiger partial charge is 0.398 e. The van der Waals surface area contributed by atoms with Gasteiger partial charge in [0.05, 0.1) is 0 Å². The Morgan fingerprint density at radius 2 is 2.00 bits per heavy atom. The van der Waals surface area contributed by atoms with E-state index < -0.39 is 21.5 Å². The summed E-state index contributed by atoms with van der Waals surface area (Å²) in [7, 11) is -3.28.